The highest BCUT2D eigenvalue weighted by atomic mass is 16.6. The molecule has 0 saturated carbocycles. The zero-order valence-corrected chi connectivity index (χ0v) is 21.1. The van der Waals surface area contributed by atoms with Gasteiger partial charge in [0.05, 0.1) is 17.1 Å². The minimum absolute atomic E-state index is 0.00231. The van der Waals surface area contributed by atoms with Crippen molar-refractivity contribution in [3.63, 3.8) is 0 Å². The van der Waals surface area contributed by atoms with Crippen molar-refractivity contribution in [3.05, 3.63) is 66.6 Å². The Balaban J connectivity index is 1.45. The van der Waals surface area contributed by atoms with E-state index < -0.39 is 5.60 Å². The average molecular weight is 486 g/mol. The van der Waals surface area contributed by atoms with Gasteiger partial charge >= 0.3 is 6.09 Å². The number of carbonyl (C=O) groups excluding carboxylic acids is 1. The van der Waals surface area contributed by atoms with Crippen LogP contribution < -0.4 is 4.74 Å². The van der Waals surface area contributed by atoms with Crippen molar-refractivity contribution < 1.29 is 14.3 Å². The van der Waals surface area contributed by atoms with Gasteiger partial charge in [-0.25, -0.2) is 19.4 Å². The van der Waals surface area contributed by atoms with Gasteiger partial charge in [0.25, 0.3) is 0 Å². The van der Waals surface area contributed by atoms with Crippen LogP contribution in [0.1, 0.15) is 45.3 Å². The number of rotatable bonds is 4. The zero-order chi connectivity index (χ0) is 25.3. The summed E-state index contributed by atoms with van der Waals surface area (Å²) < 4.78 is 13.5. The molecule has 0 radical (unpaired) electrons. The number of ether oxygens (including phenoxy) is 2. The van der Waals surface area contributed by atoms with Gasteiger partial charge < -0.3 is 14.4 Å². The number of aromatic nitrogens is 4. The first-order chi connectivity index (χ1) is 17.3. The number of aryl methyl sites for hydroxylation is 1. The van der Waals surface area contributed by atoms with E-state index in [2.05, 4.69) is 9.97 Å². The van der Waals surface area contributed by atoms with Gasteiger partial charge in [-0.3, -0.25) is 0 Å². The van der Waals surface area contributed by atoms with Crippen LogP contribution in [-0.2, 0) is 4.74 Å². The Morgan fingerprint density at radius 2 is 1.72 bits per heavy atom. The fourth-order valence-electron chi connectivity index (χ4n) is 4.53. The number of hydrogen-bond donors (Lipinski definition) is 0. The minimum atomic E-state index is -0.531. The lowest BCUT2D eigenvalue weighted by atomic mass is 10.1. The van der Waals surface area contributed by atoms with E-state index in [1.54, 1.807) is 11.2 Å². The molecule has 1 fully saturated rings. The molecular weight excluding hydrogens is 454 g/mol. The lowest BCUT2D eigenvalue weighted by molar-refractivity contribution is 0.0169. The Morgan fingerprint density at radius 3 is 2.44 bits per heavy atom. The number of para-hydroxylation sites is 1. The van der Waals surface area contributed by atoms with Gasteiger partial charge in [-0.15, -0.1) is 0 Å². The SMILES string of the molecule is Cc1ncnc2c1c(-c1ccc(Oc3ccccc3)cc1)nn2C1CCCN(C(=O)OC(C)(C)C)C1. The van der Waals surface area contributed by atoms with Crippen molar-refractivity contribution >= 4 is 17.1 Å². The van der Waals surface area contributed by atoms with Crippen LogP contribution in [-0.4, -0.2) is 49.4 Å². The van der Waals surface area contributed by atoms with E-state index in [1.165, 1.54) is 0 Å². The fourth-order valence-corrected chi connectivity index (χ4v) is 4.53. The molecular formula is C28H31N5O3. The van der Waals surface area contributed by atoms with Crippen LogP contribution in [0.5, 0.6) is 11.5 Å². The van der Waals surface area contributed by atoms with E-state index in [9.17, 15) is 4.79 Å². The van der Waals surface area contributed by atoms with E-state index in [0.717, 1.165) is 52.3 Å². The summed E-state index contributed by atoms with van der Waals surface area (Å²) in [5.41, 5.74) is 2.89. The predicted molar refractivity (Wildman–Crippen MR) is 138 cm³/mol. The number of benzene rings is 2. The van der Waals surface area contributed by atoms with Gasteiger partial charge in [-0.2, -0.15) is 5.10 Å². The highest BCUT2D eigenvalue weighted by molar-refractivity contribution is 5.93. The van der Waals surface area contributed by atoms with E-state index in [0.29, 0.717) is 13.1 Å². The predicted octanol–water partition coefficient (Wildman–Crippen LogP) is 6.17. The molecule has 1 unspecified atom stereocenters. The molecule has 0 N–H and O–H groups in total. The summed E-state index contributed by atoms with van der Waals surface area (Å²) in [5, 5.41) is 5.94. The summed E-state index contributed by atoms with van der Waals surface area (Å²) in [6.45, 7) is 8.83. The molecule has 1 aliphatic heterocycles. The number of hydrogen-bond acceptors (Lipinski definition) is 6. The summed E-state index contributed by atoms with van der Waals surface area (Å²) in [6.07, 6.45) is 3.06. The maximum atomic E-state index is 12.7. The topological polar surface area (TPSA) is 82.4 Å². The van der Waals surface area contributed by atoms with E-state index in [-0.39, 0.29) is 12.1 Å². The van der Waals surface area contributed by atoms with Crippen molar-refractivity contribution in [3.8, 4) is 22.8 Å². The van der Waals surface area contributed by atoms with Gasteiger partial charge in [0.15, 0.2) is 5.65 Å². The summed E-state index contributed by atoms with van der Waals surface area (Å²) in [5.74, 6) is 1.54. The molecule has 3 heterocycles. The van der Waals surface area contributed by atoms with E-state index in [1.807, 2.05) is 87.0 Å². The molecule has 0 bridgehead atoms. The average Bonchev–Trinajstić information content (AvgIpc) is 3.25. The van der Waals surface area contributed by atoms with Crippen molar-refractivity contribution in [1.82, 2.24) is 24.6 Å². The Hall–Kier alpha value is -3.94. The Bertz CT molecular complexity index is 1360. The Kier molecular flexibility index (Phi) is 6.35. The third-order valence-corrected chi connectivity index (χ3v) is 6.18. The monoisotopic (exact) mass is 485 g/mol. The normalized spacial score (nSPS) is 16.2. The number of piperidine rings is 1. The molecule has 1 atom stereocenters. The molecule has 8 nitrogen and oxygen atoms in total. The number of amides is 1. The van der Waals surface area contributed by atoms with E-state index in [4.69, 9.17) is 14.6 Å². The number of carbonyl (C=O) groups is 1. The second-order valence-corrected chi connectivity index (χ2v) is 10.1. The van der Waals surface area contributed by atoms with Crippen LogP contribution in [0.4, 0.5) is 4.79 Å². The molecule has 4 aromatic rings. The Labute approximate surface area is 210 Å². The van der Waals surface area contributed by atoms with Gasteiger partial charge in [-0.05, 0) is 76.9 Å². The standard InChI is InChI=1S/C28H31N5O3/c1-19-24-25(20-12-14-23(15-13-20)35-22-10-6-5-7-11-22)31-33(26(24)30-18-29-19)21-9-8-16-32(17-21)27(34)36-28(2,3)4/h5-7,10-15,18,21H,8-9,16-17H2,1-4H3. The molecule has 5 rings (SSSR count). The van der Waals surface area contributed by atoms with Crippen LogP contribution in [0, 0.1) is 6.92 Å². The van der Waals surface area contributed by atoms with Gasteiger partial charge in [0.1, 0.15) is 29.1 Å². The largest absolute Gasteiger partial charge is 0.457 e. The first-order valence-corrected chi connectivity index (χ1v) is 12.3. The number of likely N-dealkylation sites (tertiary alicyclic amines) is 1. The fraction of sp³-hybridized carbons (Fsp3) is 0.357. The summed E-state index contributed by atoms with van der Waals surface area (Å²) in [4.78, 5) is 23.5. The van der Waals surface area contributed by atoms with Crippen LogP contribution in [0.15, 0.2) is 60.9 Å². The quantitative estimate of drug-likeness (QED) is 0.344. The minimum Gasteiger partial charge on any atom is -0.457 e. The Morgan fingerprint density at radius 1 is 1.00 bits per heavy atom. The third kappa shape index (κ3) is 5.03. The zero-order valence-electron chi connectivity index (χ0n) is 21.1. The van der Waals surface area contributed by atoms with Crippen molar-refractivity contribution in [1.29, 1.82) is 0 Å². The second kappa shape index (κ2) is 9.60. The van der Waals surface area contributed by atoms with Crippen LogP contribution >= 0.6 is 0 Å². The lowest BCUT2D eigenvalue weighted by Gasteiger charge is -2.34. The van der Waals surface area contributed by atoms with Gasteiger partial charge in [-0.1, -0.05) is 18.2 Å². The molecule has 2 aromatic carbocycles. The van der Waals surface area contributed by atoms with Gasteiger partial charge in [0, 0.05) is 18.7 Å². The third-order valence-electron chi connectivity index (χ3n) is 6.18. The van der Waals surface area contributed by atoms with Crippen molar-refractivity contribution in [2.75, 3.05) is 13.1 Å². The van der Waals surface area contributed by atoms with Crippen LogP contribution in [0.25, 0.3) is 22.3 Å². The first-order valence-electron chi connectivity index (χ1n) is 12.3. The molecule has 1 aliphatic rings. The first kappa shape index (κ1) is 23.8. The van der Waals surface area contributed by atoms with Gasteiger partial charge in [0.2, 0.25) is 0 Å². The highest BCUT2D eigenvalue weighted by Gasteiger charge is 2.31. The molecule has 186 valence electrons. The van der Waals surface area contributed by atoms with Crippen LogP contribution in [0.3, 0.4) is 0 Å². The maximum Gasteiger partial charge on any atom is 0.410 e. The molecule has 8 heteroatoms. The number of fused-ring (bicyclic) bond motifs is 1. The highest BCUT2D eigenvalue weighted by Crippen LogP contribution is 2.34. The summed E-state index contributed by atoms with van der Waals surface area (Å²) >= 11 is 0. The maximum absolute atomic E-state index is 12.7. The molecule has 0 aliphatic carbocycles. The second-order valence-electron chi connectivity index (χ2n) is 10.1. The molecule has 36 heavy (non-hydrogen) atoms. The van der Waals surface area contributed by atoms with E-state index >= 15 is 0 Å². The van der Waals surface area contributed by atoms with Crippen molar-refractivity contribution in [2.45, 2.75) is 52.2 Å². The number of nitrogens with zero attached hydrogens (tertiary/aromatic N) is 5. The molecule has 0 spiro atoms. The van der Waals surface area contributed by atoms with Crippen LogP contribution in [0.2, 0.25) is 0 Å². The molecule has 1 amide bonds. The smallest absolute Gasteiger partial charge is 0.410 e. The summed E-state index contributed by atoms with van der Waals surface area (Å²) in [7, 11) is 0. The van der Waals surface area contributed by atoms with Crippen molar-refractivity contribution in [2.24, 2.45) is 0 Å². The molecule has 1 saturated heterocycles. The molecule has 2 aromatic heterocycles. The lowest BCUT2D eigenvalue weighted by Crippen LogP contribution is -2.43. The summed E-state index contributed by atoms with van der Waals surface area (Å²) in [6, 6.07) is 17.6.